The van der Waals surface area contributed by atoms with E-state index in [-0.39, 0.29) is 0 Å². The lowest BCUT2D eigenvalue weighted by Gasteiger charge is -2.30. The van der Waals surface area contributed by atoms with Crippen LogP contribution in [0.4, 0.5) is 0 Å². The topological polar surface area (TPSA) is 49.5 Å². The van der Waals surface area contributed by atoms with Gasteiger partial charge >= 0.3 is 0 Å². The molecule has 0 aromatic rings. The minimum absolute atomic E-state index is 0.347. The molecule has 78 valence electrons. The van der Waals surface area contributed by atoms with Gasteiger partial charge in [0, 0.05) is 19.1 Å². The average Bonchev–Trinajstić information content (AvgIpc) is 2.86. The van der Waals surface area contributed by atoms with E-state index in [0.29, 0.717) is 6.54 Å². The standard InChI is InChI=1S/C10H22N2O/c1-3-6-12(9-4-5-9)8-10(2,13)7-11/h9,13H,3-8,11H2,1-2H3. The van der Waals surface area contributed by atoms with E-state index in [1.807, 2.05) is 6.92 Å². The Bertz CT molecular complexity index is 155. The fourth-order valence-electron chi connectivity index (χ4n) is 1.62. The van der Waals surface area contributed by atoms with Crippen molar-refractivity contribution in [3.63, 3.8) is 0 Å². The van der Waals surface area contributed by atoms with Crippen LogP contribution in [0.25, 0.3) is 0 Å². The van der Waals surface area contributed by atoms with Crippen molar-refractivity contribution in [1.29, 1.82) is 0 Å². The summed E-state index contributed by atoms with van der Waals surface area (Å²) in [5.41, 5.74) is 4.78. The predicted octanol–water partition coefficient (Wildman–Crippen LogP) is 0.570. The maximum absolute atomic E-state index is 9.83. The zero-order chi connectivity index (χ0) is 9.90. The van der Waals surface area contributed by atoms with Gasteiger partial charge in [0.15, 0.2) is 0 Å². The molecule has 1 saturated carbocycles. The molecule has 1 fully saturated rings. The first-order valence-electron chi connectivity index (χ1n) is 5.25. The molecule has 3 N–H and O–H groups in total. The summed E-state index contributed by atoms with van der Waals surface area (Å²) in [5, 5.41) is 9.83. The fraction of sp³-hybridized carbons (Fsp3) is 1.00. The van der Waals surface area contributed by atoms with Gasteiger partial charge in [0.25, 0.3) is 0 Å². The molecule has 13 heavy (non-hydrogen) atoms. The molecule has 0 heterocycles. The molecule has 1 aliphatic rings. The van der Waals surface area contributed by atoms with Crippen molar-refractivity contribution in [2.75, 3.05) is 19.6 Å². The van der Waals surface area contributed by atoms with Crippen molar-refractivity contribution in [2.45, 2.75) is 44.8 Å². The predicted molar refractivity (Wildman–Crippen MR) is 54.6 cm³/mol. The van der Waals surface area contributed by atoms with Crippen LogP contribution in [0.1, 0.15) is 33.1 Å². The molecule has 0 saturated heterocycles. The number of nitrogens with zero attached hydrogens (tertiary/aromatic N) is 1. The maximum atomic E-state index is 9.83. The Morgan fingerprint density at radius 2 is 2.15 bits per heavy atom. The van der Waals surface area contributed by atoms with Crippen LogP contribution in [0.5, 0.6) is 0 Å². The average molecular weight is 186 g/mol. The van der Waals surface area contributed by atoms with E-state index in [1.165, 1.54) is 12.8 Å². The van der Waals surface area contributed by atoms with Crippen LogP contribution in [0, 0.1) is 0 Å². The number of aliphatic hydroxyl groups is 1. The van der Waals surface area contributed by atoms with Gasteiger partial charge in [0.1, 0.15) is 0 Å². The van der Waals surface area contributed by atoms with Crippen LogP contribution in [-0.2, 0) is 0 Å². The second-order valence-electron chi connectivity index (χ2n) is 4.40. The molecule has 0 aromatic carbocycles. The Balaban J connectivity index is 2.36. The first-order valence-corrected chi connectivity index (χ1v) is 5.25. The molecule has 0 aromatic heterocycles. The first kappa shape index (κ1) is 11.0. The van der Waals surface area contributed by atoms with Crippen LogP contribution in [0.2, 0.25) is 0 Å². The summed E-state index contributed by atoms with van der Waals surface area (Å²) in [6, 6.07) is 0.720. The molecule has 3 heteroatoms. The molecule has 0 aliphatic heterocycles. The second-order valence-corrected chi connectivity index (χ2v) is 4.40. The van der Waals surface area contributed by atoms with Gasteiger partial charge < -0.3 is 10.8 Å². The Hall–Kier alpha value is -0.120. The molecule has 0 amide bonds. The van der Waals surface area contributed by atoms with Crippen LogP contribution < -0.4 is 5.73 Å². The molecule has 0 spiro atoms. The Kier molecular flexibility index (Phi) is 3.71. The highest BCUT2D eigenvalue weighted by atomic mass is 16.3. The highest BCUT2D eigenvalue weighted by Crippen LogP contribution is 2.28. The number of hydrogen-bond donors (Lipinski definition) is 2. The van der Waals surface area contributed by atoms with Gasteiger partial charge in [-0.05, 0) is 32.7 Å². The van der Waals surface area contributed by atoms with Gasteiger partial charge in [-0.25, -0.2) is 0 Å². The summed E-state index contributed by atoms with van der Waals surface area (Å²) in [7, 11) is 0. The SMILES string of the molecule is CCCN(CC(C)(O)CN)C1CC1. The lowest BCUT2D eigenvalue weighted by molar-refractivity contribution is 0.0246. The maximum Gasteiger partial charge on any atom is 0.0867 e. The molecule has 1 rings (SSSR count). The van der Waals surface area contributed by atoms with Gasteiger partial charge in [-0.2, -0.15) is 0 Å². The number of nitrogens with two attached hydrogens (primary N) is 1. The first-order chi connectivity index (χ1) is 6.09. The Morgan fingerprint density at radius 3 is 2.54 bits per heavy atom. The van der Waals surface area contributed by atoms with Crippen LogP contribution in [0.3, 0.4) is 0 Å². The lowest BCUT2D eigenvalue weighted by Crippen LogP contribution is -2.47. The van der Waals surface area contributed by atoms with Crippen molar-refractivity contribution in [3.05, 3.63) is 0 Å². The molecule has 1 atom stereocenters. The van der Waals surface area contributed by atoms with Crippen molar-refractivity contribution in [1.82, 2.24) is 4.90 Å². The van der Waals surface area contributed by atoms with E-state index in [4.69, 9.17) is 5.73 Å². The minimum atomic E-state index is -0.711. The van der Waals surface area contributed by atoms with Crippen molar-refractivity contribution in [2.24, 2.45) is 5.73 Å². The van der Waals surface area contributed by atoms with Gasteiger partial charge in [-0.15, -0.1) is 0 Å². The zero-order valence-electron chi connectivity index (χ0n) is 8.79. The highest BCUT2D eigenvalue weighted by Gasteiger charge is 2.32. The van der Waals surface area contributed by atoms with E-state index in [2.05, 4.69) is 11.8 Å². The van der Waals surface area contributed by atoms with E-state index < -0.39 is 5.60 Å². The number of rotatable bonds is 6. The van der Waals surface area contributed by atoms with Crippen LogP contribution in [0.15, 0.2) is 0 Å². The second kappa shape index (κ2) is 4.40. The third-order valence-corrected chi connectivity index (χ3v) is 2.56. The van der Waals surface area contributed by atoms with Gasteiger partial charge in [0.05, 0.1) is 5.60 Å². The molecular weight excluding hydrogens is 164 g/mol. The highest BCUT2D eigenvalue weighted by molar-refractivity contribution is 4.89. The van der Waals surface area contributed by atoms with Gasteiger partial charge in [-0.1, -0.05) is 6.92 Å². The minimum Gasteiger partial charge on any atom is -0.388 e. The summed E-state index contributed by atoms with van der Waals surface area (Å²) in [5.74, 6) is 0. The molecule has 0 radical (unpaired) electrons. The summed E-state index contributed by atoms with van der Waals surface area (Å²) in [6.45, 7) is 6.15. The van der Waals surface area contributed by atoms with Crippen LogP contribution >= 0.6 is 0 Å². The molecule has 0 bridgehead atoms. The molecular formula is C10H22N2O. The van der Waals surface area contributed by atoms with Crippen molar-refractivity contribution < 1.29 is 5.11 Å². The summed E-state index contributed by atoms with van der Waals surface area (Å²) in [6.07, 6.45) is 3.73. The smallest absolute Gasteiger partial charge is 0.0867 e. The van der Waals surface area contributed by atoms with E-state index in [1.54, 1.807) is 0 Å². The lowest BCUT2D eigenvalue weighted by atomic mass is 10.1. The van der Waals surface area contributed by atoms with Crippen molar-refractivity contribution in [3.8, 4) is 0 Å². The van der Waals surface area contributed by atoms with E-state index >= 15 is 0 Å². The third-order valence-electron chi connectivity index (χ3n) is 2.56. The largest absolute Gasteiger partial charge is 0.388 e. The normalized spacial score (nSPS) is 21.9. The molecule has 1 unspecified atom stereocenters. The molecule has 1 aliphatic carbocycles. The van der Waals surface area contributed by atoms with E-state index in [9.17, 15) is 5.11 Å². The number of hydrogen-bond acceptors (Lipinski definition) is 3. The summed E-state index contributed by atoms with van der Waals surface area (Å²) < 4.78 is 0. The van der Waals surface area contributed by atoms with Gasteiger partial charge in [0.2, 0.25) is 0 Å². The Labute approximate surface area is 80.9 Å². The summed E-state index contributed by atoms with van der Waals surface area (Å²) in [4.78, 5) is 2.37. The van der Waals surface area contributed by atoms with Gasteiger partial charge in [-0.3, -0.25) is 4.90 Å². The fourth-order valence-corrected chi connectivity index (χ4v) is 1.62. The Morgan fingerprint density at radius 1 is 1.54 bits per heavy atom. The zero-order valence-corrected chi connectivity index (χ0v) is 8.79. The van der Waals surface area contributed by atoms with E-state index in [0.717, 1.165) is 25.6 Å². The summed E-state index contributed by atoms with van der Waals surface area (Å²) >= 11 is 0. The quantitative estimate of drug-likeness (QED) is 0.637. The monoisotopic (exact) mass is 186 g/mol. The third kappa shape index (κ3) is 3.63. The van der Waals surface area contributed by atoms with Crippen molar-refractivity contribution >= 4 is 0 Å². The van der Waals surface area contributed by atoms with Crippen LogP contribution in [-0.4, -0.2) is 41.3 Å². The molecule has 3 nitrogen and oxygen atoms in total.